The average molecular weight is 726 g/mol. The number of halogens is 2. The predicted molar refractivity (Wildman–Crippen MR) is 199 cm³/mol. The fourth-order valence-electron chi connectivity index (χ4n) is 11.7. The van der Waals surface area contributed by atoms with Gasteiger partial charge in [-0.2, -0.15) is 0 Å². The maximum Gasteiger partial charge on any atom is 0.339 e. The second kappa shape index (κ2) is 14.0. The van der Waals surface area contributed by atoms with Gasteiger partial charge in [0.15, 0.2) is 0 Å². The summed E-state index contributed by atoms with van der Waals surface area (Å²) in [5, 5.41) is 40.5. The number of benzene rings is 2. The molecule has 272 valence electrons. The highest BCUT2D eigenvalue weighted by atomic mass is 35.5. The van der Waals surface area contributed by atoms with Gasteiger partial charge in [0, 0.05) is 0 Å². The zero-order valence-electron chi connectivity index (χ0n) is 30.2. The molecule has 0 aliphatic heterocycles. The van der Waals surface area contributed by atoms with E-state index in [0.29, 0.717) is 34.0 Å². The van der Waals surface area contributed by atoms with E-state index in [0.717, 1.165) is 60.8 Å². The van der Waals surface area contributed by atoms with E-state index in [9.17, 15) is 30.0 Å². The van der Waals surface area contributed by atoms with Crippen molar-refractivity contribution in [1.82, 2.24) is 0 Å². The van der Waals surface area contributed by atoms with Crippen molar-refractivity contribution in [2.45, 2.75) is 112 Å². The number of fused-ring (bicyclic) bond motifs is 5. The summed E-state index contributed by atoms with van der Waals surface area (Å²) in [6.07, 6.45) is 14.2. The lowest BCUT2D eigenvalue weighted by Crippen LogP contribution is -2.53. The summed E-state index contributed by atoms with van der Waals surface area (Å²) in [6.45, 7) is 12.3. The van der Waals surface area contributed by atoms with Crippen LogP contribution < -0.4 is 0 Å². The summed E-state index contributed by atoms with van der Waals surface area (Å²) >= 11 is 12.8. The third-order valence-electron chi connectivity index (χ3n) is 14.2. The third kappa shape index (κ3) is 6.46. The highest BCUT2D eigenvalue weighted by Crippen LogP contribution is 2.69. The Bertz CT molecular complexity index is 1630. The molecule has 0 aromatic heterocycles. The molecule has 8 heteroatoms. The van der Waals surface area contributed by atoms with Gasteiger partial charge in [-0.15, -0.1) is 0 Å². The van der Waals surface area contributed by atoms with Crippen molar-refractivity contribution in [2.24, 2.45) is 52.3 Å². The van der Waals surface area contributed by atoms with Gasteiger partial charge < -0.3 is 20.4 Å². The van der Waals surface area contributed by atoms with Crippen LogP contribution in [0.1, 0.15) is 144 Å². The molecule has 0 amide bonds. The number of aromatic hydroxyl groups is 2. The molecule has 6 rings (SSSR count). The monoisotopic (exact) mass is 724 g/mol. The van der Waals surface area contributed by atoms with E-state index in [1.165, 1.54) is 63.5 Å². The summed E-state index contributed by atoms with van der Waals surface area (Å²) in [7, 11) is 0. The lowest BCUT2D eigenvalue weighted by Gasteiger charge is -2.61. The van der Waals surface area contributed by atoms with Gasteiger partial charge in [-0.05, 0) is 151 Å². The van der Waals surface area contributed by atoms with Crippen LogP contribution in [0, 0.1) is 52.3 Å². The molecule has 8 atom stereocenters. The van der Waals surface area contributed by atoms with Crippen LogP contribution in [0.4, 0.5) is 0 Å². The summed E-state index contributed by atoms with van der Waals surface area (Å²) in [5.74, 6) is 1.33. The predicted octanol–water partition coefficient (Wildman–Crippen LogP) is 11.7. The SMILES string of the molecule is CC(C)CCC[C@@H](C)[C@H]1CC[C@H]2[C@@H]3CC[C@H]4CC(=C(c5cc(Cl)c(O)c(C(=O)O)c5)c5cc(Cl)c(O)c(C(=O)O)c5)CC[C@]4(C)[C@H]3CC[C@]12C. The lowest BCUT2D eigenvalue weighted by molar-refractivity contribution is -0.108. The number of hydrogen-bond donors (Lipinski definition) is 4. The van der Waals surface area contributed by atoms with Crippen molar-refractivity contribution in [1.29, 1.82) is 0 Å². The minimum absolute atomic E-state index is 0.100. The number of carboxylic acids is 2. The largest absolute Gasteiger partial charge is 0.505 e. The number of carboxylic acid groups (broad SMARTS) is 2. The zero-order valence-corrected chi connectivity index (χ0v) is 31.7. The van der Waals surface area contributed by atoms with Crippen LogP contribution in [0.2, 0.25) is 10.0 Å². The van der Waals surface area contributed by atoms with Gasteiger partial charge in [0.1, 0.15) is 22.6 Å². The summed E-state index contributed by atoms with van der Waals surface area (Å²) in [5.41, 5.74) is 2.66. The quantitative estimate of drug-likeness (QED) is 0.205. The fraction of sp³-hybridized carbons (Fsp3) is 0.619. The van der Waals surface area contributed by atoms with E-state index < -0.39 is 23.4 Å². The van der Waals surface area contributed by atoms with Crippen LogP contribution in [0.3, 0.4) is 0 Å². The molecule has 0 bridgehead atoms. The van der Waals surface area contributed by atoms with Crippen LogP contribution >= 0.6 is 23.2 Å². The Morgan fingerprint density at radius 2 is 1.36 bits per heavy atom. The molecule has 0 spiro atoms. The maximum atomic E-state index is 12.1. The first kappa shape index (κ1) is 37.1. The Labute approximate surface area is 307 Å². The molecule has 4 aliphatic rings. The van der Waals surface area contributed by atoms with Gasteiger partial charge in [-0.25, -0.2) is 9.59 Å². The van der Waals surface area contributed by atoms with Crippen LogP contribution in [0.15, 0.2) is 29.8 Å². The van der Waals surface area contributed by atoms with Gasteiger partial charge in [0.2, 0.25) is 0 Å². The molecule has 0 saturated heterocycles. The number of carbonyl (C=O) groups is 2. The van der Waals surface area contributed by atoms with Crippen LogP contribution in [0.25, 0.3) is 5.57 Å². The molecule has 0 unspecified atom stereocenters. The van der Waals surface area contributed by atoms with Gasteiger partial charge in [-0.3, -0.25) is 0 Å². The fourth-order valence-corrected chi connectivity index (χ4v) is 12.2. The van der Waals surface area contributed by atoms with Gasteiger partial charge >= 0.3 is 11.9 Å². The number of aromatic carboxylic acids is 2. The van der Waals surface area contributed by atoms with Crippen LogP contribution in [-0.4, -0.2) is 32.4 Å². The van der Waals surface area contributed by atoms with E-state index >= 15 is 0 Å². The Kier molecular flexibility index (Phi) is 10.4. The Hall–Kier alpha value is -2.70. The molecule has 4 saturated carbocycles. The standard InChI is InChI=1S/C42H54Cl2O6/c1-22(2)7-6-8-23(3)31-11-12-32-28-10-9-27-17-24(13-15-41(27,4)33(28)14-16-42(31,32)5)36(25-18-29(39(47)48)37(45)34(43)20-25)26-19-30(40(49)50)38(46)35(44)21-26/h18-23,27-28,31-33,45-46H,6-17H2,1-5H3,(H,47,48)(H,49,50)/t23-,27+,28+,31-,32+,33+,41+,42-/m1/s1. The molecule has 2 aromatic rings. The van der Waals surface area contributed by atoms with Crippen molar-refractivity contribution in [3.8, 4) is 11.5 Å². The van der Waals surface area contributed by atoms with Crippen molar-refractivity contribution >= 4 is 40.7 Å². The van der Waals surface area contributed by atoms with Gasteiger partial charge in [0.25, 0.3) is 0 Å². The van der Waals surface area contributed by atoms with E-state index in [2.05, 4.69) is 34.6 Å². The van der Waals surface area contributed by atoms with Crippen LogP contribution in [-0.2, 0) is 0 Å². The lowest BCUT2D eigenvalue weighted by atomic mass is 9.44. The van der Waals surface area contributed by atoms with Gasteiger partial charge in [-0.1, -0.05) is 82.7 Å². The highest BCUT2D eigenvalue weighted by molar-refractivity contribution is 6.33. The molecule has 0 heterocycles. The Morgan fingerprint density at radius 3 is 1.92 bits per heavy atom. The van der Waals surface area contributed by atoms with Crippen molar-refractivity contribution in [3.05, 3.63) is 62.1 Å². The van der Waals surface area contributed by atoms with E-state index in [1.54, 1.807) is 12.1 Å². The van der Waals surface area contributed by atoms with Crippen molar-refractivity contribution in [2.75, 3.05) is 0 Å². The minimum Gasteiger partial charge on any atom is -0.505 e. The topological polar surface area (TPSA) is 115 Å². The van der Waals surface area contributed by atoms with Crippen molar-refractivity contribution in [3.63, 3.8) is 0 Å². The number of rotatable bonds is 9. The second-order valence-electron chi connectivity index (χ2n) is 17.2. The summed E-state index contributed by atoms with van der Waals surface area (Å²) in [4.78, 5) is 24.3. The first-order valence-electron chi connectivity index (χ1n) is 18.8. The van der Waals surface area contributed by atoms with Gasteiger partial charge in [0.05, 0.1) is 10.0 Å². The first-order chi connectivity index (χ1) is 23.6. The Morgan fingerprint density at radius 1 is 0.780 bits per heavy atom. The molecular weight excluding hydrogens is 671 g/mol. The minimum atomic E-state index is -1.32. The second-order valence-corrected chi connectivity index (χ2v) is 18.0. The third-order valence-corrected chi connectivity index (χ3v) is 14.8. The highest BCUT2D eigenvalue weighted by Gasteiger charge is 2.60. The number of hydrogen-bond acceptors (Lipinski definition) is 4. The van der Waals surface area contributed by atoms with E-state index in [1.807, 2.05) is 0 Å². The Balaban J connectivity index is 1.33. The first-order valence-corrected chi connectivity index (χ1v) is 19.6. The molecule has 0 radical (unpaired) electrons. The zero-order chi connectivity index (χ0) is 36.3. The molecule has 6 nitrogen and oxygen atoms in total. The number of allylic oxidation sites excluding steroid dienone is 1. The molecule has 2 aromatic carbocycles. The molecule has 4 N–H and O–H groups in total. The number of phenols is 2. The molecule has 50 heavy (non-hydrogen) atoms. The van der Waals surface area contributed by atoms with E-state index in [4.69, 9.17) is 23.2 Å². The van der Waals surface area contributed by atoms with Crippen LogP contribution in [0.5, 0.6) is 11.5 Å². The maximum absolute atomic E-state index is 12.1. The molecule has 4 fully saturated rings. The molecular formula is C42H54Cl2O6. The smallest absolute Gasteiger partial charge is 0.339 e. The summed E-state index contributed by atoms with van der Waals surface area (Å²) in [6, 6.07) is 5.89. The average Bonchev–Trinajstić information content (AvgIpc) is 3.41. The van der Waals surface area contributed by atoms with Crippen molar-refractivity contribution < 1.29 is 30.0 Å². The molecule has 4 aliphatic carbocycles. The summed E-state index contributed by atoms with van der Waals surface area (Å²) < 4.78 is 0. The van der Waals surface area contributed by atoms with E-state index in [-0.39, 0.29) is 26.6 Å². The normalized spacial score (nSPS) is 31.1.